The van der Waals surface area contributed by atoms with E-state index >= 15 is 0 Å². The van der Waals surface area contributed by atoms with Crippen molar-refractivity contribution in [3.05, 3.63) is 54.4 Å². The van der Waals surface area contributed by atoms with Crippen LogP contribution in [-0.4, -0.2) is 18.4 Å². The Bertz CT molecular complexity index is 562. The van der Waals surface area contributed by atoms with Crippen molar-refractivity contribution >= 4 is 30.3 Å². The van der Waals surface area contributed by atoms with Gasteiger partial charge in [0.25, 0.3) is 0 Å². The lowest BCUT2D eigenvalue weighted by atomic mass is 10.3. The fourth-order valence-corrected chi connectivity index (χ4v) is 5.11. The monoisotopic (exact) mass is 286 g/mol. The van der Waals surface area contributed by atoms with Crippen molar-refractivity contribution in [1.82, 2.24) is 4.98 Å². The molecule has 98 valence electrons. The molecule has 0 saturated carbocycles. The van der Waals surface area contributed by atoms with E-state index in [1.54, 1.807) is 12.4 Å². The molecule has 2 aromatic rings. The van der Waals surface area contributed by atoms with Gasteiger partial charge in [-0.25, -0.2) is 0 Å². The van der Waals surface area contributed by atoms with Crippen LogP contribution in [-0.2, 0) is 0 Å². The number of hydrogen-bond acceptors (Lipinski definition) is 3. The molecule has 1 aromatic heterocycles. The first-order chi connectivity index (χ1) is 9.03. The third-order valence-electron chi connectivity index (χ3n) is 2.28. The Morgan fingerprint density at radius 1 is 1.11 bits per heavy atom. The summed E-state index contributed by atoms with van der Waals surface area (Å²) in [5, 5.41) is 0. The second kappa shape index (κ2) is 6.17. The minimum absolute atomic E-state index is 0.880. The van der Waals surface area contributed by atoms with Crippen molar-refractivity contribution < 1.29 is 0 Å². The maximum atomic E-state index is 4.48. The Hall–Kier alpha value is -1.39. The summed E-state index contributed by atoms with van der Waals surface area (Å²) in [7, 11) is -1.16. The molecule has 0 aliphatic rings. The maximum Gasteiger partial charge on any atom is 0.114 e. The maximum absolute atomic E-state index is 4.48. The van der Waals surface area contributed by atoms with Crippen LogP contribution in [0.1, 0.15) is 5.69 Å². The van der Waals surface area contributed by atoms with Gasteiger partial charge in [-0.3, -0.25) is 9.98 Å². The van der Waals surface area contributed by atoms with Gasteiger partial charge >= 0.3 is 0 Å². The highest BCUT2D eigenvalue weighted by atomic mass is 32.4. The van der Waals surface area contributed by atoms with Gasteiger partial charge in [-0.15, -0.1) is 0 Å². The molecule has 0 aliphatic heterocycles. The van der Waals surface area contributed by atoms with Gasteiger partial charge in [-0.2, -0.15) is 11.2 Å². The first kappa shape index (κ1) is 14.0. The molecule has 4 heteroatoms. The molecular formula is C15H18N2SSi. The second-order valence-electron chi connectivity index (χ2n) is 5.22. The lowest BCUT2D eigenvalue weighted by molar-refractivity contribution is 1.30. The molecule has 0 unspecified atom stereocenters. The lowest BCUT2D eigenvalue weighted by Gasteiger charge is -2.15. The Balaban J connectivity index is 2.13. The van der Waals surface area contributed by atoms with Crippen molar-refractivity contribution in [1.29, 1.82) is 0 Å². The van der Waals surface area contributed by atoms with Crippen LogP contribution in [0.25, 0.3) is 0 Å². The van der Waals surface area contributed by atoms with Gasteiger partial charge in [-0.1, -0.05) is 31.8 Å². The van der Waals surface area contributed by atoms with E-state index in [-0.39, 0.29) is 0 Å². The second-order valence-corrected chi connectivity index (χ2v) is 14.4. The Labute approximate surface area is 119 Å². The molecule has 2 nitrogen and oxygen atoms in total. The quantitative estimate of drug-likeness (QED) is 0.598. The van der Waals surface area contributed by atoms with Crippen molar-refractivity contribution in [2.24, 2.45) is 4.99 Å². The minimum atomic E-state index is -1.16. The van der Waals surface area contributed by atoms with E-state index in [9.17, 15) is 0 Å². The molecule has 19 heavy (non-hydrogen) atoms. The smallest absolute Gasteiger partial charge is 0.114 e. The van der Waals surface area contributed by atoms with E-state index in [2.05, 4.69) is 47.8 Å². The number of pyridine rings is 1. The summed E-state index contributed by atoms with van der Waals surface area (Å²) in [4.78, 5) is 10.0. The highest BCUT2D eigenvalue weighted by Crippen LogP contribution is 2.31. The molecule has 0 radical (unpaired) electrons. The number of nitrogens with zero attached hydrogens (tertiary/aromatic N) is 2. The van der Waals surface area contributed by atoms with Crippen molar-refractivity contribution in [3.8, 4) is 0 Å². The lowest BCUT2D eigenvalue weighted by Crippen LogP contribution is -2.13. The van der Waals surface area contributed by atoms with Gasteiger partial charge in [0, 0.05) is 11.1 Å². The summed E-state index contributed by atoms with van der Waals surface area (Å²) >= 11 is 1.99. The predicted octanol–water partition coefficient (Wildman–Crippen LogP) is 4.76. The van der Waals surface area contributed by atoms with Crippen LogP contribution in [0.3, 0.4) is 0 Å². The number of aliphatic imine (C=N–C) groups is 1. The number of rotatable bonds is 4. The van der Waals surface area contributed by atoms with Crippen LogP contribution >= 0.6 is 11.2 Å². The molecule has 1 aromatic carbocycles. The predicted molar refractivity (Wildman–Crippen MR) is 87.1 cm³/mol. The van der Waals surface area contributed by atoms with Gasteiger partial charge < -0.3 is 0 Å². The zero-order valence-electron chi connectivity index (χ0n) is 11.5. The average Bonchev–Trinajstić information content (AvgIpc) is 2.36. The largest absolute Gasteiger partial charge is 0.255 e. The van der Waals surface area contributed by atoms with Crippen LogP contribution in [0.2, 0.25) is 19.6 Å². The van der Waals surface area contributed by atoms with E-state index in [0.29, 0.717) is 0 Å². The third-order valence-corrected chi connectivity index (χ3v) is 5.92. The normalized spacial score (nSPS) is 11.9. The van der Waals surface area contributed by atoms with Crippen LogP contribution in [0.15, 0.2) is 58.5 Å². The van der Waals surface area contributed by atoms with E-state index in [0.717, 1.165) is 11.4 Å². The molecule has 0 atom stereocenters. The molecule has 0 N–H and O–H groups in total. The Morgan fingerprint density at radius 3 is 2.63 bits per heavy atom. The first-order valence-electron chi connectivity index (χ1n) is 6.27. The van der Waals surface area contributed by atoms with Crippen molar-refractivity contribution in [3.63, 3.8) is 0 Å². The minimum Gasteiger partial charge on any atom is -0.255 e. The van der Waals surface area contributed by atoms with Gasteiger partial charge in [0.1, 0.15) is 7.22 Å². The zero-order chi connectivity index (χ0) is 13.7. The topological polar surface area (TPSA) is 25.2 Å². The van der Waals surface area contributed by atoms with Crippen LogP contribution in [0.4, 0.5) is 5.69 Å². The number of aromatic nitrogens is 1. The van der Waals surface area contributed by atoms with Crippen molar-refractivity contribution in [2.75, 3.05) is 0 Å². The van der Waals surface area contributed by atoms with Gasteiger partial charge in [-0.05, 0) is 30.3 Å². The van der Waals surface area contributed by atoms with Crippen LogP contribution in [0.5, 0.6) is 0 Å². The summed E-state index contributed by atoms with van der Waals surface area (Å²) in [5.74, 6) is 0. The molecule has 0 saturated heterocycles. The molecule has 0 fully saturated rings. The van der Waals surface area contributed by atoms with E-state index in [1.807, 2.05) is 35.5 Å². The summed E-state index contributed by atoms with van der Waals surface area (Å²) in [6, 6.07) is 14.2. The summed E-state index contributed by atoms with van der Waals surface area (Å²) in [5.41, 5.74) is 1.86. The summed E-state index contributed by atoms with van der Waals surface area (Å²) in [6.45, 7) is 7.05. The SMILES string of the molecule is C[Si](C)(C)Sc1cccc(/N=C/c2ccccn2)c1. The Kier molecular flexibility index (Phi) is 4.55. The zero-order valence-corrected chi connectivity index (χ0v) is 13.3. The summed E-state index contributed by atoms with van der Waals surface area (Å²) < 4.78 is 0. The van der Waals surface area contributed by atoms with Crippen molar-refractivity contribution in [2.45, 2.75) is 24.5 Å². The van der Waals surface area contributed by atoms with Gasteiger partial charge in [0.15, 0.2) is 0 Å². The molecule has 0 amide bonds. The number of hydrogen-bond donors (Lipinski definition) is 0. The molecule has 2 rings (SSSR count). The Morgan fingerprint density at radius 2 is 1.95 bits per heavy atom. The fraction of sp³-hybridized carbons (Fsp3) is 0.200. The molecule has 0 aliphatic carbocycles. The third kappa shape index (κ3) is 5.01. The first-order valence-corrected chi connectivity index (χ1v) is 11.3. The summed E-state index contributed by atoms with van der Waals surface area (Å²) in [6.07, 6.45) is 3.58. The molecule has 0 spiro atoms. The fourth-order valence-electron chi connectivity index (χ4n) is 1.57. The highest BCUT2D eigenvalue weighted by Gasteiger charge is 2.14. The average molecular weight is 286 g/mol. The number of benzene rings is 1. The van der Waals surface area contributed by atoms with Gasteiger partial charge in [0.05, 0.1) is 17.6 Å². The van der Waals surface area contributed by atoms with Gasteiger partial charge in [0.2, 0.25) is 0 Å². The van der Waals surface area contributed by atoms with E-state index < -0.39 is 7.22 Å². The molecular weight excluding hydrogens is 268 g/mol. The highest BCUT2D eigenvalue weighted by molar-refractivity contribution is 8.28. The molecule has 0 bridgehead atoms. The molecule has 1 heterocycles. The van der Waals surface area contributed by atoms with E-state index in [1.165, 1.54) is 4.90 Å². The van der Waals surface area contributed by atoms with Crippen LogP contribution < -0.4 is 0 Å². The van der Waals surface area contributed by atoms with E-state index in [4.69, 9.17) is 0 Å². The standard InChI is InChI=1S/C15H18N2SSi/c1-19(2,3)18-15-9-6-8-13(11-15)17-12-14-7-4-5-10-16-14/h4-12H,1-3H3/b17-12+. The van der Waals surface area contributed by atoms with Crippen LogP contribution in [0, 0.1) is 0 Å².